The molecule has 0 N–H and O–H groups in total. The van der Waals surface area contributed by atoms with Gasteiger partial charge in [0.25, 0.3) is 0 Å². The SMILES string of the molecule is N#CCCCC1(C#N)CC2(CCN1c1ccccc1)OCCO2. The van der Waals surface area contributed by atoms with E-state index in [2.05, 4.69) is 17.0 Å². The summed E-state index contributed by atoms with van der Waals surface area (Å²) in [6.07, 6.45) is 3.07. The van der Waals surface area contributed by atoms with Crippen molar-refractivity contribution < 1.29 is 9.47 Å². The summed E-state index contributed by atoms with van der Waals surface area (Å²) in [4.78, 5) is 2.17. The number of rotatable bonds is 4. The highest BCUT2D eigenvalue weighted by atomic mass is 16.7. The lowest BCUT2D eigenvalue weighted by Crippen LogP contribution is -2.59. The molecule has 0 radical (unpaired) electrons. The van der Waals surface area contributed by atoms with Crippen molar-refractivity contribution in [1.29, 1.82) is 10.5 Å². The number of unbranched alkanes of at least 4 members (excludes halogenated alkanes) is 1. The molecule has 2 fully saturated rings. The van der Waals surface area contributed by atoms with Gasteiger partial charge < -0.3 is 14.4 Å². The van der Waals surface area contributed by atoms with Gasteiger partial charge in [0.2, 0.25) is 0 Å². The highest BCUT2D eigenvalue weighted by Crippen LogP contribution is 2.44. The third-order valence-electron chi connectivity index (χ3n) is 4.76. The maximum Gasteiger partial charge on any atom is 0.173 e. The lowest BCUT2D eigenvalue weighted by molar-refractivity contribution is -0.181. The van der Waals surface area contributed by atoms with Crippen LogP contribution in [0.3, 0.4) is 0 Å². The van der Waals surface area contributed by atoms with Gasteiger partial charge in [0.15, 0.2) is 5.79 Å². The molecule has 0 aromatic heterocycles. The van der Waals surface area contributed by atoms with Crippen LogP contribution in [0.15, 0.2) is 30.3 Å². The van der Waals surface area contributed by atoms with E-state index in [4.69, 9.17) is 14.7 Å². The fraction of sp³-hybridized carbons (Fsp3) is 0.556. The van der Waals surface area contributed by atoms with E-state index in [1.165, 1.54) is 0 Å². The van der Waals surface area contributed by atoms with Crippen LogP contribution in [0.2, 0.25) is 0 Å². The first-order chi connectivity index (χ1) is 11.2. The average molecular weight is 311 g/mol. The molecule has 0 aliphatic carbocycles. The number of para-hydroxylation sites is 1. The Kier molecular flexibility index (Phi) is 4.52. The average Bonchev–Trinajstić information content (AvgIpc) is 3.04. The predicted molar refractivity (Wildman–Crippen MR) is 85.5 cm³/mol. The molecule has 1 aromatic carbocycles. The van der Waals surface area contributed by atoms with Crippen LogP contribution in [0.5, 0.6) is 0 Å². The monoisotopic (exact) mass is 311 g/mol. The zero-order valence-electron chi connectivity index (χ0n) is 13.2. The second-order valence-electron chi connectivity index (χ2n) is 6.18. The molecular weight excluding hydrogens is 290 g/mol. The molecule has 5 heteroatoms. The van der Waals surface area contributed by atoms with Gasteiger partial charge in [-0.05, 0) is 25.0 Å². The fourth-order valence-corrected chi connectivity index (χ4v) is 3.69. The van der Waals surface area contributed by atoms with Crippen molar-refractivity contribution in [3.05, 3.63) is 30.3 Å². The van der Waals surface area contributed by atoms with Crippen LogP contribution >= 0.6 is 0 Å². The first-order valence-electron chi connectivity index (χ1n) is 8.12. The van der Waals surface area contributed by atoms with Crippen LogP contribution in [-0.2, 0) is 9.47 Å². The standard InChI is InChI=1S/C18H21N3O2/c19-10-5-4-8-17(15-20)14-18(22-12-13-23-18)9-11-21(17)16-6-2-1-3-7-16/h1-3,6-7H,4-5,8-9,11-14H2. The molecule has 2 aliphatic heterocycles. The van der Waals surface area contributed by atoms with Gasteiger partial charge in [0, 0.05) is 31.5 Å². The Morgan fingerprint density at radius 3 is 2.52 bits per heavy atom. The van der Waals surface area contributed by atoms with E-state index in [0.29, 0.717) is 45.4 Å². The number of ether oxygens (including phenoxy) is 2. The minimum absolute atomic E-state index is 0.459. The zero-order chi connectivity index (χ0) is 16.2. The second kappa shape index (κ2) is 6.58. The Bertz CT molecular complexity index is 613. The molecule has 23 heavy (non-hydrogen) atoms. The lowest BCUT2D eigenvalue weighted by Gasteiger charge is -2.49. The number of piperidine rings is 1. The fourth-order valence-electron chi connectivity index (χ4n) is 3.69. The van der Waals surface area contributed by atoms with E-state index >= 15 is 0 Å². The van der Waals surface area contributed by atoms with Crippen molar-refractivity contribution in [3.8, 4) is 12.1 Å². The normalized spacial score (nSPS) is 25.9. The molecule has 1 aromatic rings. The Labute approximate surface area is 137 Å². The number of nitrogens with zero attached hydrogens (tertiary/aromatic N) is 3. The van der Waals surface area contributed by atoms with Crippen molar-refractivity contribution in [1.82, 2.24) is 0 Å². The first-order valence-corrected chi connectivity index (χ1v) is 8.12. The van der Waals surface area contributed by atoms with Gasteiger partial charge in [0.05, 0.1) is 25.4 Å². The number of nitriles is 2. The molecule has 1 atom stereocenters. The van der Waals surface area contributed by atoms with Gasteiger partial charge in [0.1, 0.15) is 5.54 Å². The molecule has 0 saturated carbocycles. The summed E-state index contributed by atoms with van der Waals surface area (Å²) in [7, 11) is 0. The number of anilines is 1. The molecule has 2 aliphatic rings. The Morgan fingerprint density at radius 1 is 1.13 bits per heavy atom. The van der Waals surface area contributed by atoms with E-state index in [0.717, 1.165) is 12.1 Å². The quantitative estimate of drug-likeness (QED) is 0.800. The molecule has 2 heterocycles. The van der Waals surface area contributed by atoms with Gasteiger partial charge in [-0.1, -0.05) is 18.2 Å². The summed E-state index contributed by atoms with van der Waals surface area (Å²) in [5, 5.41) is 18.9. The molecule has 1 spiro atoms. The number of benzene rings is 1. The Morgan fingerprint density at radius 2 is 1.87 bits per heavy atom. The van der Waals surface area contributed by atoms with Crippen LogP contribution in [0.1, 0.15) is 32.1 Å². The Balaban J connectivity index is 1.91. The predicted octanol–water partition coefficient (Wildman–Crippen LogP) is 2.99. The summed E-state index contributed by atoms with van der Waals surface area (Å²) in [5.74, 6) is -0.631. The van der Waals surface area contributed by atoms with Gasteiger partial charge in [-0.15, -0.1) is 0 Å². The highest BCUT2D eigenvalue weighted by Gasteiger charge is 2.52. The van der Waals surface area contributed by atoms with Crippen molar-refractivity contribution >= 4 is 5.69 Å². The maximum absolute atomic E-state index is 10.0. The summed E-state index contributed by atoms with van der Waals surface area (Å²) < 4.78 is 11.7. The first kappa shape index (κ1) is 15.8. The van der Waals surface area contributed by atoms with Crippen molar-refractivity contribution in [3.63, 3.8) is 0 Å². The van der Waals surface area contributed by atoms with Gasteiger partial charge >= 0.3 is 0 Å². The Hall–Kier alpha value is -2.08. The summed E-state index contributed by atoms with van der Waals surface area (Å²) in [6, 6.07) is 14.7. The molecule has 2 saturated heterocycles. The third kappa shape index (κ3) is 3.03. The van der Waals surface area contributed by atoms with Gasteiger partial charge in [-0.2, -0.15) is 10.5 Å². The highest BCUT2D eigenvalue weighted by molar-refractivity contribution is 5.52. The molecule has 1 unspecified atom stereocenters. The third-order valence-corrected chi connectivity index (χ3v) is 4.76. The molecular formula is C18H21N3O2. The van der Waals surface area contributed by atoms with Crippen LogP contribution in [0.4, 0.5) is 5.69 Å². The molecule has 0 amide bonds. The van der Waals surface area contributed by atoms with Gasteiger partial charge in [-0.25, -0.2) is 0 Å². The minimum Gasteiger partial charge on any atom is -0.353 e. The zero-order valence-corrected chi connectivity index (χ0v) is 13.2. The van der Waals surface area contributed by atoms with E-state index in [9.17, 15) is 5.26 Å². The molecule has 5 nitrogen and oxygen atoms in total. The smallest absolute Gasteiger partial charge is 0.173 e. The maximum atomic E-state index is 10.0. The van der Waals surface area contributed by atoms with Crippen LogP contribution in [-0.4, -0.2) is 31.1 Å². The molecule has 120 valence electrons. The van der Waals surface area contributed by atoms with E-state index < -0.39 is 11.3 Å². The summed E-state index contributed by atoms with van der Waals surface area (Å²) in [6.45, 7) is 1.89. The summed E-state index contributed by atoms with van der Waals surface area (Å²) >= 11 is 0. The van der Waals surface area contributed by atoms with Crippen molar-refractivity contribution in [2.45, 2.75) is 43.4 Å². The lowest BCUT2D eigenvalue weighted by atomic mass is 9.79. The minimum atomic E-state index is -0.694. The van der Waals surface area contributed by atoms with Gasteiger partial charge in [-0.3, -0.25) is 0 Å². The number of hydrogen-bond acceptors (Lipinski definition) is 5. The topological polar surface area (TPSA) is 69.3 Å². The largest absolute Gasteiger partial charge is 0.353 e. The molecule has 3 rings (SSSR count). The van der Waals surface area contributed by atoms with Crippen molar-refractivity contribution in [2.24, 2.45) is 0 Å². The van der Waals surface area contributed by atoms with E-state index in [-0.39, 0.29) is 0 Å². The van der Waals surface area contributed by atoms with Crippen LogP contribution in [0, 0.1) is 22.7 Å². The number of hydrogen-bond donors (Lipinski definition) is 0. The van der Waals surface area contributed by atoms with Crippen LogP contribution in [0.25, 0.3) is 0 Å². The summed E-state index contributed by atoms with van der Waals surface area (Å²) in [5.41, 5.74) is 0.347. The molecule has 0 bridgehead atoms. The van der Waals surface area contributed by atoms with Crippen molar-refractivity contribution in [2.75, 3.05) is 24.7 Å². The van der Waals surface area contributed by atoms with E-state index in [1.54, 1.807) is 0 Å². The van der Waals surface area contributed by atoms with Crippen LogP contribution < -0.4 is 4.90 Å². The van der Waals surface area contributed by atoms with E-state index in [1.807, 2.05) is 30.3 Å². The second-order valence-corrected chi connectivity index (χ2v) is 6.18.